The highest BCUT2D eigenvalue weighted by molar-refractivity contribution is 5.69. The molecule has 0 atom stereocenters. The smallest absolute Gasteiger partial charge is 0.341 e. The molecule has 0 aliphatic heterocycles. The van der Waals surface area contributed by atoms with Gasteiger partial charge in [0.1, 0.15) is 5.75 Å². The van der Waals surface area contributed by atoms with Crippen molar-refractivity contribution >= 4 is 5.97 Å². The van der Waals surface area contributed by atoms with Gasteiger partial charge in [0, 0.05) is 12.1 Å². The van der Waals surface area contributed by atoms with Gasteiger partial charge in [-0.25, -0.2) is 4.79 Å². The Morgan fingerprint density at radius 3 is 2.43 bits per heavy atom. The van der Waals surface area contributed by atoms with E-state index in [4.69, 9.17) is 9.84 Å². The van der Waals surface area contributed by atoms with Gasteiger partial charge in [-0.2, -0.15) is 0 Å². The van der Waals surface area contributed by atoms with Crippen LogP contribution in [-0.4, -0.2) is 36.7 Å². The fourth-order valence-corrected chi connectivity index (χ4v) is 2.13. The average molecular weight is 285 g/mol. The number of aliphatic carboxylic acids is 1. The minimum Gasteiger partial charge on any atom is -0.482 e. The van der Waals surface area contributed by atoms with E-state index in [9.17, 15) is 4.79 Å². The highest BCUT2D eigenvalue weighted by atomic mass is 16.5. The Bertz CT molecular complexity index is 609. The maximum absolute atomic E-state index is 10.7. The SMILES string of the molecule is CN(C)Cc1cc(-c2ccccc2)ccc1OCC(=O)O. The van der Waals surface area contributed by atoms with Crippen LogP contribution in [0.1, 0.15) is 5.56 Å². The lowest BCUT2D eigenvalue weighted by atomic mass is 10.0. The minimum atomic E-state index is -0.974. The van der Waals surface area contributed by atoms with Gasteiger partial charge >= 0.3 is 5.97 Å². The molecular formula is C17H19NO3. The number of hydrogen-bond acceptors (Lipinski definition) is 3. The zero-order valence-electron chi connectivity index (χ0n) is 12.2. The van der Waals surface area contributed by atoms with E-state index in [0.717, 1.165) is 16.7 Å². The summed E-state index contributed by atoms with van der Waals surface area (Å²) < 4.78 is 5.36. The number of benzene rings is 2. The lowest BCUT2D eigenvalue weighted by Crippen LogP contribution is -2.14. The summed E-state index contributed by atoms with van der Waals surface area (Å²) in [6.45, 7) is 0.362. The molecule has 0 heterocycles. The second-order valence-electron chi connectivity index (χ2n) is 5.11. The van der Waals surface area contributed by atoms with E-state index in [1.807, 2.05) is 67.5 Å². The van der Waals surface area contributed by atoms with E-state index in [1.54, 1.807) is 0 Å². The van der Waals surface area contributed by atoms with Crippen molar-refractivity contribution in [1.29, 1.82) is 0 Å². The number of carboxylic acids is 1. The van der Waals surface area contributed by atoms with Gasteiger partial charge in [0.15, 0.2) is 6.61 Å². The molecule has 4 nitrogen and oxygen atoms in total. The summed E-state index contributed by atoms with van der Waals surface area (Å²) in [6.07, 6.45) is 0. The first-order chi connectivity index (χ1) is 10.1. The fraction of sp³-hybridized carbons (Fsp3) is 0.235. The zero-order valence-corrected chi connectivity index (χ0v) is 12.2. The number of ether oxygens (including phenoxy) is 1. The van der Waals surface area contributed by atoms with Crippen molar-refractivity contribution in [1.82, 2.24) is 4.90 Å². The van der Waals surface area contributed by atoms with Gasteiger partial charge in [0.05, 0.1) is 0 Å². The number of carboxylic acid groups (broad SMARTS) is 1. The quantitative estimate of drug-likeness (QED) is 0.886. The van der Waals surface area contributed by atoms with E-state index < -0.39 is 5.97 Å². The van der Waals surface area contributed by atoms with Gasteiger partial charge in [-0.05, 0) is 37.4 Å². The highest BCUT2D eigenvalue weighted by Crippen LogP contribution is 2.27. The molecule has 4 heteroatoms. The molecule has 0 saturated heterocycles. The monoisotopic (exact) mass is 285 g/mol. The number of nitrogens with zero attached hydrogens (tertiary/aromatic N) is 1. The molecule has 0 saturated carbocycles. The maximum atomic E-state index is 10.7. The lowest BCUT2D eigenvalue weighted by Gasteiger charge is -2.16. The van der Waals surface area contributed by atoms with Crippen LogP contribution >= 0.6 is 0 Å². The molecule has 2 aromatic rings. The first kappa shape index (κ1) is 15.1. The van der Waals surface area contributed by atoms with Gasteiger partial charge in [-0.15, -0.1) is 0 Å². The Morgan fingerprint density at radius 2 is 1.81 bits per heavy atom. The Balaban J connectivity index is 2.32. The van der Waals surface area contributed by atoms with Crippen LogP contribution in [0.3, 0.4) is 0 Å². The van der Waals surface area contributed by atoms with Crippen molar-refractivity contribution in [2.24, 2.45) is 0 Å². The van der Waals surface area contributed by atoms with Gasteiger partial charge < -0.3 is 14.7 Å². The molecule has 0 spiro atoms. The molecule has 110 valence electrons. The molecule has 2 rings (SSSR count). The highest BCUT2D eigenvalue weighted by Gasteiger charge is 2.09. The third-order valence-electron chi connectivity index (χ3n) is 3.01. The maximum Gasteiger partial charge on any atom is 0.341 e. The molecule has 0 radical (unpaired) electrons. The molecule has 0 aromatic heterocycles. The first-order valence-electron chi connectivity index (χ1n) is 6.74. The van der Waals surface area contributed by atoms with E-state index in [2.05, 4.69) is 0 Å². The predicted octanol–water partition coefficient (Wildman–Crippen LogP) is 2.88. The summed E-state index contributed by atoms with van der Waals surface area (Å²) in [7, 11) is 3.94. The lowest BCUT2D eigenvalue weighted by molar-refractivity contribution is -0.139. The number of hydrogen-bond donors (Lipinski definition) is 1. The van der Waals surface area contributed by atoms with Gasteiger partial charge in [0.2, 0.25) is 0 Å². The van der Waals surface area contributed by atoms with Crippen LogP contribution in [0, 0.1) is 0 Å². The summed E-state index contributed by atoms with van der Waals surface area (Å²) in [6, 6.07) is 15.9. The second kappa shape index (κ2) is 6.90. The van der Waals surface area contributed by atoms with E-state index in [1.165, 1.54) is 0 Å². The Kier molecular flexibility index (Phi) is 4.95. The van der Waals surface area contributed by atoms with Crippen LogP contribution in [0.2, 0.25) is 0 Å². The van der Waals surface area contributed by atoms with Crippen LogP contribution in [0.15, 0.2) is 48.5 Å². The van der Waals surface area contributed by atoms with Crippen LogP contribution in [0.5, 0.6) is 5.75 Å². The average Bonchev–Trinajstić information content (AvgIpc) is 2.46. The molecule has 0 amide bonds. The molecule has 2 aromatic carbocycles. The number of carbonyl (C=O) groups is 1. The molecular weight excluding hydrogens is 266 g/mol. The molecule has 0 bridgehead atoms. The van der Waals surface area contributed by atoms with Crippen molar-refractivity contribution in [3.05, 3.63) is 54.1 Å². The summed E-state index contributed by atoms with van der Waals surface area (Å²) in [5.74, 6) is -0.358. The fourth-order valence-electron chi connectivity index (χ4n) is 2.13. The van der Waals surface area contributed by atoms with Crippen molar-refractivity contribution < 1.29 is 14.6 Å². The van der Waals surface area contributed by atoms with Crippen LogP contribution in [0.4, 0.5) is 0 Å². The van der Waals surface area contributed by atoms with Crippen molar-refractivity contribution in [2.45, 2.75) is 6.54 Å². The topological polar surface area (TPSA) is 49.8 Å². The van der Waals surface area contributed by atoms with E-state index in [-0.39, 0.29) is 6.61 Å². The normalized spacial score (nSPS) is 10.6. The van der Waals surface area contributed by atoms with Gasteiger partial charge in [0.25, 0.3) is 0 Å². The first-order valence-corrected chi connectivity index (χ1v) is 6.74. The zero-order chi connectivity index (χ0) is 15.2. The van der Waals surface area contributed by atoms with E-state index >= 15 is 0 Å². The Labute approximate surface area is 124 Å². The van der Waals surface area contributed by atoms with Crippen LogP contribution in [0.25, 0.3) is 11.1 Å². The Morgan fingerprint density at radius 1 is 1.10 bits per heavy atom. The summed E-state index contributed by atoms with van der Waals surface area (Å²) >= 11 is 0. The molecule has 0 aliphatic rings. The molecule has 0 unspecified atom stereocenters. The summed E-state index contributed by atoms with van der Waals surface area (Å²) in [5.41, 5.74) is 3.19. The van der Waals surface area contributed by atoms with Gasteiger partial charge in [-0.1, -0.05) is 36.4 Å². The summed E-state index contributed by atoms with van der Waals surface area (Å²) in [4.78, 5) is 12.7. The number of rotatable bonds is 6. The molecule has 0 aliphatic carbocycles. The van der Waals surface area contributed by atoms with E-state index in [0.29, 0.717) is 12.3 Å². The van der Waals surface area contributed by atoms with Gasteiger partial charge in [-0.3, -0.25) is 0 Å². The predicted molar refractivity (Wildman–Crippen MR) is 82.4 cm³/mol. The second-order valence-corrected chi connectivity index (χ2v) is 5.11. The summed E-state index contributed by atoms with van der Waals surface area (Å²) in [5, 5.41) is 8.74. The Hall–Kier alpha value is -2.33. The van der Waals surface area contributed by atoms with Crippen molar-refractivity contribution in [3.8, 4) is 16.9 Å². The van der Waals surface area contributed by atoms with Crippen LogP contribution in [-0.2, 0) is 11.3 Å². The third kappa shape index (κ3) is 4.33. The van der Waals surface area contributed by atoms with Crippen LogP contribution < -0.4 is 4.74 Å². The molecule has 0 fully saturated rings. The minimum absolute atomic E-state index is 0.328. The standard InChI is InChI=1S/C17H19NO3/c1-18(2)11-15-10-14(13-6-4-3-5-7-13)8-9-16(15)21-12-17(19)20/h3-10H,11-12H2,1-2H3,(H,19,20). The van der Waals surface area contributed by atoms with Crippen molar-refractivity contribution in [2.75, 3.05) is 20.7 Å². The van der Waals surface area contributed by atoms with Crippen molar-refractivity contribution in [3.63, 3.8) is 0 Å². The largest absolute Gasteiger partial charge is 0.482 e. The third-order valence-corrected chi connectivity index (χ3v) is 3.01. The molecule has 1 N–H and O–H groups in total. The molecule has 21 heavy (non-hydrogen) atoms.